The Morgan fingerprint density at radius 1 is 1.26 bits per heavy atom. The second-order valence-electron chi connectivity index (χ2n) is 7.27. The largest absolute Gasteiger partial charge is 0.504 e. The van der Waals surface area contributed by atoms with Crippen molar-refractivity contribution < 1.29 is 23.8 Å². The summed E-state index contributed by atoms with van der Waals surface area (Å²) >= 11 is 7.02. The van der Waals surface area contributed by atoms with Gasteiger partial charge in [-0.3, -0.25) is 4.79 Å². The molecule has 2 aromatic carbocycles. The summed E-state index contributed by atoms with van der Waals surface area (Å²) < 4.78 is 18.8. The normalized spacial score (nSPS) is 12.6. The van der Waals surface area contributed by atoms with Gasteiger partial charge in [-0.2, -0.15) is 0 Å². The summed E-state index contributed by atoms with van der Waals surface area (Å²) in [6, 6.07) is 7.81. The van der Waals surface area contributed by atoms with Crippen molar-refractivity contribution >= 4 is 68.0 Å². The summed E-state index contributed by atoms with van der Waals surface area (Å²) in [4.78, 5) is 38.4. The number of carbonyl (C=O) groups excluding carboxylic acids is 2. The summed E-state index contributed by atoms with van der Waals surface area (Å²) in [5.41, 5.74) is 1.06. The molecular formula is C22H15ClFN5O4S. The van der Waals surface area contributed by atoms with E-state index in [1.54, 1.807) is 13.1 Å². The first-order valence-corrected chi connectivity index (χ1v) is 11.0. The number of nitrogens with zero attached hydrogens (tertiary/aromatic N) is 4. The standard InChI is InChI=1S/C22H15ClFN5O4S/c1-28(10-4-6-14(30)15(8-10)33-2)21(31)18-17-16-19(25-9-26-20(16)34-18)29(22(32)27-17)11-3-5-13(24)12(23)7-11/h3-9,30H,1-2H3,(H,27,32). The Morgan fingerprint density at radius 2 is 2.06 bits per heavy atom. The van der Waals surface area contributed by atoms with Crippen LogP contribution in [0.1, 0.15) is 9.67 Å². The first kappa shape index (κ1) is 21.9. The lowest BCUT2D eigenvalue weighted by atomic mass is 10.2. The van der Waals surface area contributed by atoms with Crippen molar-refractivity contribution in [2.45, 2.75) is 0 Å². The van der Waals surface area contributed by atoms with Gasteiger partial charge < -0.3 is 20.1 Å². The number of phenolic OH excluding ortho intramolecular Hbond substituents is 1. The third kappa shape index (κ3) is 3.37. The molecule has 172 valence electrons. The van der Waals surface area contributed by atoms with Crippen molar-refractivity contribution in [3.05, 3.63) is 58.4 Å². The lowest BCUT2D eigenvalue weighted by Gasteiger charge is -2.27. The number of carbonyl (C=O) groups is 2. The Kier molecular flexibility index (Phi) is 5.22. The number of aromatic nitrogens is 2. The van der Waals surface area contributed by atoms with Crippen LogP contribution in [0.3, 0.4) is 0 Å². The Morgan fingerprint density at radius 3 is 2.79 bits per heavy atom. The van der Waals surface area contributed by atoms with Crippen LogP contribution in [-0.2, 0) is 0 Å². The molecule has 5 rings (SSSR count). The first-order valence-electron chi connectivity index (χ1n) is 9.79. The molecule has 0 atom stereocenters. The van der Waals surface area contributed by atoms with Crippen molar-refractivity contribution in [1.82, 2.24) is 9.97 Å². The fourth-order valence-corrected chi connectivity index (χ4v) is 4.87. The quantitative estimate of drug-likeness (QED) is 0.401. The van der Waals surface area contributed by atoms with Gasteiger partial charge in [-0.15, -0.1) is 11.3 Å². The molecule has 34 heavy (non-hydrogen) atoms. The number of anilines is 4. The van der Waals surface area contributed by atoms with Crippen molar-refractivity contribution in [1.29, 1.82) is 0 Å². The number of thiophene rings is 1. The minimum Gasteiger partial charge on any atom is -0.504 e. The number of amides is 3. The topological polar surface area (TPSA) is 108 Å². The number of ether oxygens (including phenoxy) is 1. The molecule has 0 unspecified atom stereocenters. The van der Waals surface area contributed by atoms with E-state index in [1.165, 1.54) is 47.5 Å². The molecule has 12 heteroatoms. The molecule has 0 radical (unpaired) electrons. The number of halogens is 2. The molecule has 2 N–H and O–H groups in total. The van der Waals surface area contributed by atoms with E-state index >= 15 is 0 Å². The second kappa shape index (κ2) is 8.12. The zero-order valence-corrected chi connectivity index (χ0v) is 19.2. The number of methoxy groups -OCH3 is 1. The molecule has 0 bridgehead atoms. The Bertz CT molecular complexity index is 1490. The van der Waals surface area contributed by atoms with Gasteiger partial charge in [-0.05, 0) is 30.3 Å². The van der Waals surface area contributed by atoms with Crippen LogP contribution >= 0.6 is 22.9 Å². The molecule has 1 aliphatic heterocycles. The lowest BCUT2D eigenvalue weighted by Crippen LogP contribution is -2.35. The molecule has 0 aliphatic carbocycles. The van der Waals surface area contributed by atoms with Gasteiger partial charge in [0.1, 0.15) is 21.9 Å². The van der Waals surface area contributed by atoms with E-state index in [2.05, 4.69) is 15.3 Å². The van der Waals surface area contributed by atoms with Crippen LogP contribution in [0, 0.1) is 5.82 Å². The van der Waals surface area contributed by atoms with Gasteiger partial charge >= 0.3 is 6.03 Å². The van der Waals surface area contributed by atoms with Crippen LogP contribution in [0.25, 0.3) is 10.2 Å². The number of rotatable bonds is 4. The highest BCUT2D eigenvalue weighted by molar-refractivity contribution is 7.21. The molecule has 0 saturated carbocycles. The van der Waals surface area contributed by atoms with Crippen molar-refractivity contribution in [2.75, 3.05) is 29.3 Å². The Labute approximate surface area is 201 Å². The smallest absolute Gasteiger partial charge is 0.332 e. The molecule has 1 aliphatic rings. The van der Waals surface area contributed by atoms with E-state index in [-0.39, 0.29) is 32.9 Å². The van der Waals surface area contributed by atoms with Crippen LogP contribution in [-0.4, -0.2) is 41.2 Å². The highest BCUT2D eigenvalue weighted by Crippen LogP contribution is 2.45. The van der Waals surface area contributed by atoms with E-state index < -0.39 is 17.8 Å². The molecule has 0 saturated heterocycles. The molecule has 3 amide bonds. The number of benzene rings is 2. The third-order valence-electron chi connectivity index (χ3n) is 5.33. The molecular weight excluding hydrogens is 485 g/mol. The number of phenols is 1. The average Bonchev–Trinajstić information content (AvgIpc) is 3.20. The highest BCUT2D eigenvalue weighted by Gasteiger charge is 2.35. The maximum absolute atomic E-state index is 13.7. The fourth-order valence-electron chi connectivity index (χ4n) is 3.62. The van der Waals surface area contributed by atoms with Gasteiger partial charge in [-0.25, -0.2) is 24.1 Å². The monoisotopic (exact) mass is 499 g/mol. The second-order valence-corrected chi connectivity index (χ2v) is 8.67. The van der Waals surface area contributed by atoms with Crippen LogP contribution in [0.4, 0.5) is 32.1 Å². The van der Waals surface area contributed by atoms with E-state index in [1.807, 2.05) is 0 Å². The van der Waals surface area contributed by atoms with Crippen molar-refractivity contribution in [3.8, 4) is 11.5 Å². The number of hydrogen-bond acceptors (Lipinski definition) is 7. The number of aromatic hydroxyl groups is 1. The molecule has 9 nitrogen and oxygen atoms in total. The number of hydrogen-bond donors (Lipinski definition) is 2. The first-order chi connectivity index (χ1) is 16.3. The zero-order chi connectivity index (χ0) is 24.1. The SMILES string of the molecule is COc1cc(N(C)C(=O)c2sc3ncnc4c3c2NC(=O)N4c2ccc(F)c(Cl)c2)ccc1O. The zero-order valence-electron chi connectivity index (χ0n) is 17.7. The maximum atomic E-state index is 13.7. The van der Waals surface area contributed by atoms with E-state index in [0.29, 0.717) is 21.6 Å². The molecule has 3 heterocycles. The molecule has 4 aromatic rings. The lowest BCUT2D eigenvalue weighted by molar-refractivity contribution is 0.0997. The maximum Gasteiger partial charge on any atom is 0.332 e. The highest BCUT2D eigenvalue weighted by atomic mass is 35.5. The van der Waals surface area contributed by atoms with E-state index in [0.717, 1.165) is 17.4 Å². The summed E-state index contributed by atoms with van der Waals surface area (Å²) in [5.74, 6) is -0.623. The van der Waals surface area contributed by atoms with Crippen LogP contribution in [0.5, 0.6) is 11.5 Å². The van der Waals surface area contributed by atoms with Crippen LogP contribution < -0.4 is 19.9 Å². The van der Waals surface area contributed by atoms with E-state index in [4.69, 9.17) is 16.3 Å². The third-order valence-corrected chi connectivity index (χ3v) is 6.70. The Balaban J connectivity index is 1.60. The molecule has 0 fully saturated rings. The summed E-state index contributed by atoms with van der Waals surface area (Å²) in [7, 11) is 2.97. The van der Waals surface area contributed by atoms with E-state index in [9.17, 15) is 19.1 Å². The summed E-state index contributed by atoms with van der Waals surface area (Å²) in [6.45, 7) is 0. The minimum absolute atomic E-state index is 0.0581. The van der Waals surface area contributed by atoms with Crippen LogP contribution in [0.15, 0.2) is 42.7 Å². The van der Waals surface area contributed by atoms with Crippen molar-refractivity contribution in [2.24, 2.45) is 0 Å². The number of urea groups is 1. The average molecular weight is 500 g/mol. The number of nitrogens with one attached hydrogen (secondary N) is 1. The van der Waals surface area contributed by atoms with Gasteiger partial charge in [-0.1, -0.05) is 11.6 Å². The van der Waals surface area contributed by atoms with Gasteiger partial charge in [0.25, 0.3) is 5.91 Å². The van der Waals surface area contributed by atoms with Gasteiger partial charge in [0, 0.05) is 18.8 Å². The van der Waals surface area contributed by atoms with Gasteiger partial charge in [0.2, 0.25) is 0 Å². The van der Waals surface area contributed by atoms with Crippen LogP contribution in [0.2, 0.25) is 5.02 Å². The minimum atomic E-state index is -0.617. The Hall–Kier alpha value is -3.96. The van der Waals surface area contributed by atoms with Crippen molar-refractivity contribution in [3.63, 3.8) is 0 Å². The predicted octanol–water partition coefficient (Wildman–Crippen LogP) is 5.16. The summed E-state index contributed by atoms with van der Waals surface area (Å²) in [6.07, 6.45) is 1.29. The molecule has 0 spiro atoms. The van der Waals surface area contributed by atoms with Gasteiger partial charge in [0.15, 0.2) is 17.3 Å². The molecule has 2 aromatic heterocycles. The fraction of sp³-hybridized carbons (Fsp3) is 0.0909. The predicted molar refractivity (Wildman–Crippen MR) is 127 cm³/mol. The van der Waals surface area contributed by atoms with Gasteiger partial charge in [0.05, 0.1) is 28.9 Å². The summed E-state index contributed by atoms with van der Waals surface area (Å²) in [5, 5.41) is 12.9.